The maximum absolute atomic E-state index is 13.2. The molecule has 0 heterocycles. The van der Waals surface area contributed by atoms with E-state index in [1.165, 1.54) is 6.07 Å². The molecule has 0 spiro atoms. The number of anilines is 1. The monoisotopic (exact) mass is 337 g/mol. The fourth-order valence-corrected chi connectivity index (χ4v) is 2.48. The Kier molecular flexibility index (Phi) is 4.65. The average molecular weight is 338 g/mol. The molecule has 1 N–H and O–H groups in total. The second-order valence-corrected chi connectivity index (χ2v) is 5.58. The van der Waals surface area contributed by atoms with E-state index < -0.39 is 0 Å². The molecule has 0 aliphatic carbocycles. The van der Waals surface area contributed by atoms with Crippen LogP contribution in [0, 0.1) is 12.7 Å². The van der Waals surface area contributed by atoms with Crippen LogP contribution in [0.15, 0.2) is 40.9 Å². The van der Waals surface area contributed by atoms with Crippen LogP contribution in [0.1, 0.15) is 24.1 Å². The van der Waals surface area contributed by atoms with Crippen molar-refractivity contribution in [3.63, 3.8) is 0 Å². The number of methoxy groups -OCH3 is 1. The van der Waals surface area contributed by atoms with Crippen molar-refractivity contribution in [2.24, 2.45) is 0 Å². The van der Waals surface area contributed by atoms with Crippen LogP contribution >= 0.6 is 15.9 Å². The third-order valence-electron chi connectivity index (χ3n) is 3.22. The number of hydrogen-bond donors (Lipinski definition) is 1. The largest absolute Gasteiger partial charge is 0.496 e. The summed E-state index contributed by atoms with van der Waals surface area (Å²) in [5.41, 5.74) is 3.10. The highest BCUT2D eigenvalue weighted by atomic mass is 79.9. The Morgan fingerprint density at radius 1 is 1.20 bits per heavy atom. The van der Waals surface area contributed by atoms with Gasteiger partial charge in [-0.05, 0) is 71.2 Å². The van der Waals surface area contributed by atoms with E-state index in [1.54, 1.807) is 19.2 Å². The van der Waals surface area contributed by atoms with Crippen LogP contribution in [0.5, 0.6) is 5.75 Å². The Hall–Kier alpha value is -1.55. The highest BCUT2D eigenvalue weighted by molar-refractivity contribution is 9.10. The van der Waals surface area contributed by atoms with Gasteiger partial charge in [0.2, 0.25) is 0 Å². The van der Waals surface area contributed by atoms with Crippen LogP contribution in [-0.4, -0.2) is 7.11 Å². The first-order valence-corrected chi connectivity index (χ1v) is 7.16. The van der Waals surface area contributed by atoms with Crippen molar-refractivity contribution >= 4 is 21.6 Å². The van der Waals surface area contributed by atoms with Gasteiger partial charge in [0.25, 0.3) is 0 Å². The Labute approximate surface area is 127 Å². The van der Waals surface area contributed by atoms with Gasteiger partial charge in [-0.25, -0.2) is 4.39 Å². The molecule has 2 aromatic carbocycles. The lowest BCUT2D eigenvalue weighted by molar-refractivity contribution is 0.412. The number of benzene rings is 2. The van der Waals surface area contributed by atoms with Crippen molar-refractivity contribution in [2.75, 3.05) is 12.4 Å². The number of aryl methyl sites for hydroxylation is 1. The molecular weight excluding hydrogens is 321 g/mol. The summed E-state index contributed by atoms with van der Waals surface area (Å²) >= 11 is 3.21. The van der Waals surface area contributed by atoms with E-state index in [9.17, 15) is 4.39 Å². The zero-order valence-corrected chi connectivity index (χ0v) is 13.3. The molecule has 0 aliphatic heterocycles. The first-order valence-electron chi connectivity index (χ1n) is 6.37. The Balaban J connectivity index is 2.16. The third-order valence-corrected chi connectivity index (χ3v) is 3.83. The Morgan fingerprint density at radius 3 is 2.55 bits per heavy atom. The number of ether oxygens (including phenoxy) is 1. The number of halogens is 2. The summed E-state index contributed by atoms with van der Waals surface area (Å²) in [6.07, 6.45) is 0. The molecule has 106 valence electrons. The SMILES string of the molecule is COc1ccc(NC(C)c2ccc(F)c(Br)c2)cc1C. The predicted octanol–water partition coefficient (Wildman–Crippen LogP) is 5.08. The molecule has 20 heavy (non-hydrogen) atoms. The summed E-state index contributed by atoms with van der Waals surface area (Å²) in [6, 6.07) is 11.1. The van der Waals surface area contributed by atoms with Gasteiger partial charge in [-0.1, -0.05) is 6.07 Å². The van der Waals surface area contributed by atoms with Crippen LogP contribution in [0.3, 0.4) is 0 Å². The maximum atomic E-state index is 13.2. The highest BCUT2D eigenvalue weighted by Crippen LogP contribution is 2.26. The van der Waals surface area contributed by atoms with Gasteiger partial charge in [0.1, 0.15) is 11.6 Å². The van der Waals surface area contributed by atoms with Crippen molar-refractivity contribution in [2.45, 2.75) is 19.9 Å². The zero-order valence-electron chi connectivity index (χ0n) is 11.7. The first-order chi connectivity index (χ1) is 9.51. The van der Waals surface area contributed by atoms with Crippen molar-refractivity contribution < 1.29 is 9.13 Å². The molecule has 0 saturated heterocycles. The topological polar surface area (TPSA) is 21.3 Å². The molecular formula is C16H17BrFNO. The van der Waals surface area contributed by atoms with Gasteiger partial charge in [0.05, 0.1) is 11.6 Å². The quantitative estimate of drug-likeness (QED) is 0.840. The van der Waals surface area contributed by atoms with E-state index in [2.05, 4.69) is 21.2 Å². The highest BCUT2D eigenvalue weighted by Gasteiger charge is 2.09. The summed E-state index contributed by atoms with van der Waals surface area (Å²) in [5, 5.41) is 3.40. The van der Waals surface area contributed by atoms with Crippen molar-refractivity contribution in [1.82, 2.24) is 0 Å². The maximum Gasteiger partial charge on any atom is 0.137 e. The van der Waals surface area contributed by atoms with Crippen molar-refractivity contribution in [1.29, 1.82) is 0 Å². The molecule has 0 bridgehead atoms. The van der Waals surface area contributed by atoms with Gasteiger partial charge >= 0.3 is 0 Å². The van der Waals surface area contributed by atoms with E-state index in [4.69, 9.17) is 4.74 Å². The van der Waals surface area contributed by atoms with Crippen molar-refractivity contribution in [3.8, 4) is 5.75 Å². The van der Waals surface area contributed by atoms with Gasteiger partial charge in [-0.3, -0.25) is 0 Å². The van der Waals surface area contributed by atoms with E-state index in [0.717, 1.165) is 22.6 Å². The molecule has 0 saturated carbocycles. The summed E-state index contributed by atoms with van der Waals surface area (Å²) < 4.78 is 19.0. The molecule has 0 fully saturated rings. The molecule has 0 radical (unpaired) electrons. The van der Waals surface area contributed by atoms with E-state index in [0.29, 0.717) is 4.47 Å². The van der Waals surface area contributed by atoms with Gasteiger partial charge < -0.3 is 10.1 Å². The fourth-order valence-electron chi connectivity index (χ4n) is 2.08. The van der Waals surface area contributed by atoms with Gasteiger partial charge in [0, 0.05) is 11.7 Å². The molecule has 1 atom stereocenters. The van der Waals surface area contributed by atoms with Crippen LogP contribution in [0.25, 0.3) is 0 Å². The standard InChI is InChI=1S/C16H17BrFNO/c1-10-8-13(5-7-16(10)20-3)19-11(2)12-4-6-15(18)14(17)9-12/h4-9,11,19H,1-3H3. The lowest BCUT2D eigenvalue weighted by Crippen LogP contribution is -2.07. The molecule has 2 aromatic rings. The smallest absolute Gasteiger partial charge is 0.137 e. The lowest BCUT2D eigenvalue weighted by atomic mass is 10.1. The van der Waals surface area contributed by atoms with Gasteiger partial charge in [0.15, 0.2) is 0 Å². The molecule has 0 aliphatic rings. The summed E-state index contributed by atoms with van der Waals surface area (Å²) in [6.45, 7) is 4.04. The molecule has 0 aromatic heterocycles. The van der Waals surface area contributed by atoms with E-state index >= 15 is 0 Å². The number of nitrogens with one attached hydrogen (secondary N) is 1. The lowest BCUT2D eigenvalue weighted by Gasteiger charge is -2.17. The molecule has 4 heteroatoms. The second kappa shape index (κ2) is 6.27. The van der Waals surface area contributed by atoms with Crippen molar-refractivity contribution in [3.05, 3.63) is 57.8 Å². The van der Waals surface area contributed by atoms with Gasteiger partial charge in [-0.15, -0.1) is 0 Å². The minimum atomic E-state index is -0.249. The second-order valence-electron chi connectivity index (χ2n) is 4.72. The number of rotatable bonds is 4. The van der Waals surface area contributed by atoms with Crippen LogP contribution < -0.4 is 10.1 Å². The van der Waals surface area contributed by atoms with Crippen LogP contribution in [0.4, 0.5) is 10.1 Å². The molecule has 2 nitrogen and oxygen atoms in total. The Bertz CT molecular complexity index is 615. The minimum absolute atomic E-state index is 0.0831. The normalized spacial score (nSPS) is 12.1. The summed E-state index contributed by atoms with van der Waals surface area (Å²) in [7, 11) is 1.66. The predicted molar refractivity (Wildman–Crippen MR) is 83.9 cm³/mol. The first kappa shape index (κ1) is 14.9. The van der Waals surface area contributed by atoms with Crippen LogP contribution in [-0.2, 0) is 0 Å². The van der Waals surface area contributed by atoms with Crippen LogP contribution in [0.2, 0.25) is 0 Å². The Morgan fingerprint density at radius 2 is 1.95 bits per heavy atom. The number of hydrogen-bond acceptors (Lipinski definition) is 2. The fraction of sp³-hybridized carbons (Fsp3) is 0.250. The molecule has 1 unspecified atom stereocenters. The average Bonchev–Trinajstić information content (AvgIpc) is 2.42. The van der Waals surface area contributed by atoms with E-state index in [1.807, 2.05) is 32.0 Å². The summed E-state index contributed by atoms with van der Waals surface area (Å²) in [4.78, 5) is 0. The molecule has 0 amide bonds. The third kappa shape index (κ3) is 3.31. The zero-order chi connectivity index (χ0) is 14.7. The van der Waals surface area contributed by atoms with Gasteiger partial charge in [-0.2, -0.15) is 0 Å². The minimum Gasteiger partial charge on any atom is -0.496 e. The molecule has 2 rings (SSSR count). The van der Waals surface area contributed by atoms with E-state index in [-0.39, 0.29) is 11.9 Å². The summed E-state index contributed by atoms with van der Waals surface area (Å²) in [5.74, 6) is 0.619.